The molecule has 0 fully saturated rings. The molecule has 0 aliphatic rings. The van der Waals surface area contributed by atoms with Gasteiger partial charge in [-0.15, -0.1) is 0 Å². The number of nitrogens with zero attached hydrogens (tertiary/aromatic N) is 2. The van der Waals surface area contributed by atoms with Crippen LogP contribution in [-0.4, -0.2) is 9.38 Å². The first-order valence-electron chi connectivity index (χ1n) is 6.34. The molecule has 1 aromatic carbocycles. The van der Waals surface area contributed by atoms with E-state index >= 15 is 0 Å². The molecular weight excluding hydrogens is 220 g/mol. The molecule has 3 aromatic rings. The van der Waals surface area contributed by atoms with Crippen LogP contribution >= 0.6 is 0 Å². The molecule has 2 nitrogen and oxygen atoms in total. The first-order chi connectivity index (χ1) is 8.83. The van der Waals surface area contributed by atoms with Gasteiger partial charge in [0.1, 0.15) is 5.65 Å². The number of pyridine rings is 1. The lowest BCUT2D eigenvalue weighted by Gasteiger charge is -1.96. The van der Waals surface area contributed by atoms with E-state index in [1.54, 1.807) is 0 Å². The van der Waals surface area contributed by atoms with Crippen molar-refractivity contribution in [1.82, 2.24) is 9.38 Å². The van der Waals surface area contributed by atoms with Gasteiger partial charge in [0.05, 0.1) is 5.69 Å². The van der Waals surface area contributed by atoms with Crippen LogP contribution < -0.4 is 0 Å². The van der Waals surface area contributed by atoms with Crippen LogP contribution in [0.2, 0.25) is 0 Å². The van der Waals surface area contributed by atoms with E-state index in [2.05, 4.69) is 42.4 Å². The van der Waals surface area contributed by atoms with Crippen LogP contribution in [0.5, 0.6) is 0 Å². The third-order valence-corrected chi connectivity index (χ3v) is 2.71. The molecule has 0 unspecified atom stereocenters. The van der Waals surface area contributed by atoms with Crippen molar-refractivity contribution in [2.24, 2.45) is 0 Å². The van der Waals surface area contributed by atoms with Crippen LogP contribution in [0.25, 0.3) is 16.9 Å². The summed E-state index contributed by atoms with van der Waals surface area (Å²) in [6.07, 6.45) is 4.07. The summed E-state index contributed by atoms with van der Waals surface area (Å²) in [5.41, 5.74) is 4.44. The molecule has 2 heterocycles. The van der Waals surface area contributed by atoms with Gasteiger partial charge in [-0.05, 0) is 19.1 Å². The number of imidazole rings is 1. The van der Waals surface area contributed by atoms with Crippen molar-refractivity contribution >= 4 is 5.65 Å². The third kappa shape index (κ3) is 2.43. The molecule has 0 bridgehead atoms. The molecule has 2 aromatic heterocycles. The van der Waals surface area contributed by atoms with Crippen molar-refractivity contribution in [1.29, 1.82) is 0 Å². The highest BCUT2D eigenvalue weighted by molar-refractivity contribution is 5.62. The second-order valence-electron chi connectivity index (χ2n) is 3.96. The van der Waals surface area contributed by atoms with E-state index in [0.29, 0.717) is 0 Å². The van der Waals surface area contributed by atoms with Gasteiger partial charge in [-0.2, -0.15) is 0 Å². The fraction of sp³-hybridized carbons (Fsp3) is 0.188. The maximum absolute atomic E-state index is 4.58. The Morgan fingerprint density at radius 2 is 1.67 bits per heavy atom. The minimum Gasteiger partial charge on any atom is -0.306 e. The number of benzene rings is 1. The van der Waals surface area contributed by atoms with Gasteiger partial charge in [0.25, 0.3) is 0 Å². The largest absolute Gasteiger partial charge is 0.306 e. The molecule has 0 saturated carbocycles. The Hall–Kier alpha value is -2.09. The van der Waals surface area contributed by atoms with E-state index in [1.807, 2.05) is 42.6 Å². The maximum Gasteiger partial charge on any atom is 0.137 e. The summed E-state index contributed by atoms with van der Waals surface area (Å²) in [6, 6.07) is 14.5. The highest BCUT2D eigenvalue weighted by Crippen LogP contribution is 2.19. The maximum atomic E-state index is 4.58. The van der Waals surface area contributed by atoms with Gasteiger partial charge < -0.3 is 4.40 Å². The summed E-state index contributed by atoms with van der Waals surface area (Å²) in [5, 5.41) is 0. The molecule has 0 amide bonds. The van der Waals surface area contributed by atoms with Crippen molar-refractivity contribution < 1.29 is 0 Å². The molecule has 3 rings (SSSR count). The van der Waals surface area contributed by atoms with Crippen LogP contribution in [0, 0.1) is 6.92 Å². The standard InChI is InChI=1S/C14H12N2.C2H6/c1-11-5-7-12(8-6-11)13-10-16-9-3-2-4-14(16)15-13;1-2/h2-10H,1H3;1-2H3. The predicted molar refractivity (Wildman–Crippen MR) is 76.7 cm³/mol. The highest BCUT2D eigenvalue weighted by Gasteiger charge is 2.02. The zero-order valence-electron chi connectivity index (χ0n) is 11.1. The zero-order valence-corrected chi connectivity index (χ0v) is 11.1. The van der Waals surface area contributed by atoms with Gasteiger partial charge in [-0.25, -0.2) is 4.98 Å². The molecule has 0 atom stereocenters. The first-order valence-corrected chi connectivity index (χ1v) is 6.34. The van der Waals surface area contributed by atoms with E-state index in [9.17, 15) is 0 Å². The second kappa shape index (κ2) is 5.50. The minimum absolute atomic E-state index is 0.984. The molecular formula is C16H18N2. The number of rotatable bonds is 1. The Morgan fingerprint density at radius 3 is 2.33 bits per heavy atom. The average Bonchev–Trinajstić information content (AvgIpc) is 2.85. The van der Waals surface area contributed by atoms with E-state index in [-0.39, 0.29) is 0 Å². The van der Waals surface area contributed by atoms with Crippen LogP contribution in [0.4, 0.5) is 0 Å². The van der Waals surface area contributed by atoms with E-state index in [4.69, 9.17) is 0 Å². The van der Waals surface area contributed by atoms with Gasteiger partial charge in [0.15, 0.2) is 0 Å². The molecule has 0 radical (unpaired) electrons. The number of fused-ring (bicyclic) bond motifs is 1. The quantitative estimate of drug-likeness (QED) is 0.616. The molecule has 2 heteroatoms. The number of hydrogen-bond donors (Lipinski definition) is 0. The molecule has 0 N–H and O–H groups in total. The van der Waals surface area contributed by atoms with Crippen molar-refractivity contribution in [3.8, 4) is 11.3 Å². The summed E-state index contributed by atoms with van der Waals surface area (Å²) >= 11 is 0. The lowest BCUT2D eigenvalue weighted by Crippen LogP contribution is -1.77. The highest BCUT2D eigenvalue weighted by atomic mass is 15.0. The summed E-state index contributed by atoms with van der Waals surface area (Å²) in [5.74, 6) is 0. The van der Waals surface area contributed by atoms with Crippen molar-refractivity contribution in [2.45, 2.75) is 20.8 Å². The Morgan fingerprint density at radius 1 is 0.944 bits per heavy atom. The van der Waals surface area contributed by atoms with Gasteiger partial charge >= 0.3 is 0 Å². The zero-order chi connectivity index (χ0) is 13.0. The van der Waals surface area contributed by atoms with Crippen LogP contribution in [0.3, 0.4) is 0 Å². The molecule has 92 valence electrons. The van der Waals surface area contributed by atoms with Gasteiger partial charge in [0.2, 0.25) is 0 Å². The Balaban J connectivity index is 0.000000574. The SMILES string of the molecule is CC.Cc1ccc(-c2cn3ccccc3n2)cc1. The predicted octanol–water partition coefficient (Wildman–Crippen LogP) is 4.34. The van der Waals surface area contributed by atoms with Crippen LogP contribution in [0.1, 0.15) is 19.4 Å². The van der Waals surface area contributed by atoms with E-state index in [1.165, 1.54) is 5.56 Å². The molecule has 18 heavy (non-hydrogen) atoms. The monoisotopic (exact) mass is 238 g/mol. The van der Waals surface area contributed by atoms with Crippen molar-refractivity contribution in [3.63, 3.8) is 0 Å². The minimum atomic E-state index is 0.984. The smallest absolute Gasteiger partial charge is 0.137 e. The second-order valence-corrected chi connectivity index (χ2v) is 3.96. The van der Waals surface area contributed by atoms with Crippen LogP contribution in [-0.2, 0) is 0 Å². The number of aryl methyl sites for hydroxylation is 1. The first kappa shape index (κ1) is 12.4. The van der Waals surface area contributed by atoms with E-state index in [0.717, 1.165) is 16.9 Å². The summed E-state index contributed by atoms with van der Waals surface area (Å²) in [6.45, 7) is 6.09. The fourth-order valence-corrected chi connectivity index (χ4v) is 1.80. The lowest BCUT2D eigenvalue weighted by molar-refractivity contribution is 1.19. The van der Waals surface area contributed by atoms with Crippen LogP contribution in [0.15, 0.2) is 54.9 Å². The number of hydrogen-bond acceptors (Lipinski definition) is 1. The Kier molecular flexibility index (Phi) is 3.78. The van der Waals surface area contributed by atoms with Crippen molar-refractivity contribution in [3.05, 3.63) is 60.4 Å². The fourth-order valence-electron chi connectivity index (χ4n) is 1.80. The number of aromatic nitrogens is 2. The topological polar surface area (TPSA) is 17.3 Å². The molecule has 0 aliphatic heterocycles. The molecule has 0 saturated heterocycles. The molecule has 0 spiro atoms. The summed E-state index contributed by atoms with van der Waals surface area (Å²) in [7, 11) is 0. The summed E-state index contributed by atoms with van der Waals surface area (Å²) < 4.78 is 2.04. The summed E-state index contributed by atoms with van der Waals surface area (Å²) in [4.78, 5) is 4.58. The van der Waals surface area contributed by atoms with Gasteiger partial charge in [0, 0.05) is 18.0 Å². The Labute approximate surface area is 108 Å². The van der Waals surface area contributed by atoms with Gasteiger partial charge in [-0.3, -0.25) is 0 Å². The van der Waals surface area contributed by atoms with Crippen molar-refractivity contribution in [2.75, 3.05) is 0 Å². The lowest BCUT2D eigenvalue weighted by atomic mass is 10.1. The Bertz CT molecular complexity index is 588. The van der Waals surface area contributed by atoms with Gasteiger partial charge in [-0.1, -0.05) is 49.7 Å². The van der Waals surface area contributed by atoms with E-state index < -0.39 is 0 Å². The normalized spacial score (nSPS) is 9.94. The average molecular weight is 238 g/mol. The third-order valence-electron chi connectivity index (χ3n) is 2.71. The molecule has 0 aliphatic carbocycles.